The fourth-order valence-corrected chi connectivity index (χ4v) is 3.95. The van der Waals surface area contributed by atoms with Crippen molar-refractivity contribution in [3.05, 3.63) is 19.8 Å². The first-order chi connectivity index (χ1) is 10.8. The third-order valence-electron chi connectivity index (χ3n) is 3.36. The minimum atomic E-state index is -0.436. The van der Waals surface area contributed by atoms with E-state index in [4.69, 9.17) is 16.3 Å². The van der Waals surface area contributed by atoms with Gasteiger partial charge in [-0.1, -0.05) is 11.6 Å². The van der Waals surface area contributed by atoms with Crippen LogP contribution < -0.4 is 5.32 Å². The molecule has 0 saturated heterocycles. The summed E-state index contributed by atoms with van der Waals surface area (Å²) in [6, 6.07) is 2.41. The summed E-state index contributed by atoms with van der Waals surface area (Å²) in [4.78, 5) is 15.3. The number of amides is 1. The fraction of sp³-hybridized carbons (Fsp3) is 0.688. The van der Waals surface area contributed by atoms with E-state index in [1.807, 2.05) is 31.7 Å². The van der Waals surface area contributed by atoms with Crippen molar-refractivity contribution >= 4 is 45.0 Å². The maximum Gasteiger partial charge on any atom is 0.410 e. The molecule has 7 heteroatoms. The number of halogens is 2. The van der Waals surface area contributed by atoms with Crippen LogP contribution in [0.25, 0.3) is 0 Å². The summed E-state index contributed by atoms with van der Waals surface area (Å²) in [5.74, 6) is 0. The third-order valence-corrected chi connectivity index (χ3v) is 5.84. The molecule has 2 rings (SSSR count). The molecule has 0 unspecified atom stereocenters. The number of nitrogens with one attached hydrogen (secondary N) is 1. The van der Waals surface area contributed by atoms with Gasteiger partial charge >= 0.3 is 6.09 Å². The molecule has 1 fully saturated rings. The van der Waals surface area contributed by atoms with Crippen LogP contribution in [0.3, 0.4) is 0 Å². The molecule has 1 saturated carbocycles. The van der Waals surface area contributed by atoms with Crippen LogP contribution in [0.15, 0.2) is 10.5 Å². The zero-order valence-corrected chi connectivity index (χ0v) is 17.0. The average molecular weight is 424 g/mol. The van der Waals surface area contributed by atoms with Gasteiger partial charge in [-0.3, -0.25) is 0 Å². The second-order valence-electron chi connectivity index (χ2n) is 6.77. The summed E-state index contributed by atoms with van der Waals surface area (Å²) >= 11 is 11.0. The Morgan fingerprint density at radius 1 is 1.52 bits per heavy atom. The first kappa shape index (κ1) is 19.0. The van der Waals surface area contributed by atoms with Crippen LogP contribution in [0.5, 0.6) is 0 Å². The van der Waals surface area contributed by atoms with Crippen LogP contribution in [0.1, 0.15) is 44.9 Å². The minimum absolute atomic E-state index is 0.186. The molecule has 0 bridgehead atoms. The van der Waals surface area contributed by atoms with Crippen molar-refractivity contribution in [2.24, 2.45) is 0 Å². The highest BCUT2D eigenvalue weighted by molar-refractivity contribution is 9.10. The van der Waals surface area contributed by atoms with E-state index in [-0.39, 0.29) is 6.09 Å². The first-order valence-corrected chi connectivity index (χ1v) is 9.89. The minimum Gasteiger partial charge on any atom is -0.444 e. The van der Waals surface area contributed by atoms with Gasteiger partial charge in [0.25, 0.3) is 0 Å². The maximum atomic E-state index is 12.2. The van der Waals surface area contributed by atoms with Gasteiger partial charge < -0.3 is 15.0 Å². The van der Waals surface area contributed by atoms with Gasteiger partial charge in [-0.05, 0) is 68.6 Å². The Labute approximate surface area is 155 Å². The lowest BCUT2D eigenvalue weighted by atomic mass is 10.2. The number of carbonyl (C=O) groups excluding carboxylic acids is 1. The van der Waals surface area contributed by atoms with Gasteiger partial charge in [0.2, 0.25) is 0 Å². The zero-order chi connectivity index (χ0) is 17.0. The van der Waals surface area contributed by atoms with E-state index < -0.39 is 5.60 Å². The van der Waals surface area contributed by atoms with Gasteiger partial charge in [-0.15, -0.1) is 11.3 Å². The van der Waals surface area contributed by atoms with E-state index in [1.54, 1.807) is 11.3 Å². The van der Waals surface area contributed by atoms with E-state index in [1.165, 1.54) is 4.88 Å². The van der Waals surface area contributed by atoms with Crippen molar-refractivity contribution in [2.75, 3.05) is 13.1 Å². The summed E-state index contributed by atoms with van der Waals surface area (Å²) < 4.78 is 7.23. The molecule has 0 aromatic carbocycles. The number of thiophene rings is 1. The summed E-state index contributed by atoms with van der Waals surface area (Å²) in [7, 11) is 0. The quantitative estimate of drug-likeness (QED) is 0.624. The van der Waals surface area contributed by atoms with Crippen molar-refractivity contribution in [3.8, 4) is 0 Å². The Balaban J connectivity index is 1.69. The molecule has 0 radical (unpaired) electrons. The van der Waals surface area contributed by atoms with Gasteiger partial charge in [-0.2, -0.15) is 0 Å². The molecule has 0 spiro atoms. The van der Waals surface area contributed by atoms with Crippen LogP contribution in [0.4, 0.5) is 4.79 Å². The van der Waals surface area contributed by atoms with E-state index >= 15 is 0 Å². The highest BCUT2D eigenvalue weighted by Gasteiger charge is 2.34. The molecular formula is C16H24BrClN2O2S. The Kier molecular flexibility index (Phi) is 6.77. The molecule has 23 heavy (non-hydrogen) atoms. The SMILES string of the molecule is CC(C)(C)OC(=O)N(CCCNCc1cc(Br)c(Cl)s1)C1CC1. The van der Waals surface area contributed by atoms with Gasteiger partial charge in [0, 0.05) is 28.5 Å². The predicted octanol–water partition coefficient (Wildman–Crippen LogP) is 5.04. The topological polar surface area (TPSA) is 41.6 Å². The lowest BCUT2D eigenvalue weighted by Gasteiger charge is -2.27. The Morgan fingerprint density at radius 3 is 2.74 bits per heavy atom. The average Bonchev–Trinajstić information content (AvgIpc) is 3.19. The van der Waals surface area contributed by atoms with Crippen molar-refractivity contribution in [1.82, 2.24) is 10.2 Å². The first-order valence-electron chi connectivity index (χ1n) is 7.90. The number of ether oxygens (including phenoxy) is 1. The predicted molar refractivity (Wildman–Crippen MR) is 99.3 cm³/mol. The Morgan fingerprint density at radius 2 is 2.22 bits per heavy atom. The monoisotopic (exact) mass is 422 g/mol. The molecule has 1 aromatic rings. The number of hydrogen-bond donors (Lipinski definition) is 1. The lowest BCUT2D eigenvalue weighted by Crippen LogP contribution is -2.39. The highest BCUT2D eigenvalue weighted by Crippen LogP contribution is 2.32. The molecule has 1 aliphatic carbocycles. The van der Waals surface area contributed by atoms with E-state index in [0.29, 0.717) is 6.04 Å². The zero-order valence-electron chi connectivity index (χ0n) is 13.8. The van der Waals surface area contributed by atoms with Gasteiger partial charge in [-0.25, -0.2) is 4.79 Å². The number of nitrogens with zero attached hydrogens (tertiary/aromatic N) is 1. The van der Waals surface area contributed by atoms with Crippen LogP contribution >= 0.6 is 38.9 Å². The van der Waals surface area contributed by atoms with Gasteiger partial charge in [0.15, 0.2) is 0 Å². The van der Waals surface area contributed by atoms with Gasteiger partial charge in [0.05, 0.1) is 0 Å². The summed E-state index contributed by atoms with van der Waals surface area (Å²) in [6.45, 7) is 8.11. The van der Waals surface area contributed by atoms with Crippen LogP contribution in [-0.2, 0) is 11.3 Å². The molecule has 0 aliphatic heterocycles. The summed E-state index contributed by atoms with van der Waals surface area (Å²) in [5.41, 5.74) is -0.436. The van der Waals surface area contributed by atoms with E-state index in [2.05, 4.69) is 21.2 Å². The molecule has 130 valence electrons. The molecule has 1 N–H and O–H groups in total. The molecular weight excluding hydrogens is 400 g/mol. The van der Waals surface area contributed by atoms with Crippen molar-refractivity contribution in [2.45, 2.75) is 58.2 Å². The van der Waals surface area contributed by atoms with Crippen LogP contribution in [-0.4, -0.2) is 35.7 Å². The third kappa shape index (κ3) is 6.61. The van der Waals surface area contributed by atoms with Crippen LogP contribution in [0.2, 0.25) is 4.34 Å². The molecule has 0 atom stereocenters. The van der Waals surface area contributed by atoms with Crippen LogP contribution in [0, 0.1) is 0 Å². The van der Waals surface area contributed by atoms with E-state index in [9.17, 15) is 4.79 Å². The molecule has 1 heterocycles. The normalized spacial score (nSPS) is 14.8. The van der Waals surface area contributed by atoms with Crippen molar-refractivity contribution in [1.29, 1.82) is 0 Å². The van der Waals surface area contributed by atoms with Crippen molar-refractivity contribution in [3.63, 3.8) is 0 Å². The number of carbonyl (C=O) groups is 1. The number of rotatable bonds is 7. The summed E-state index contributed by atoms with van der Waals surface area (Å²) in [6.07, 6.45) is 2.91. The Hall–Kier alpha value is -0.300. The molecule has 1 amide bonds. The van der Waals surface area contributed by atoms with Crippen molar-refractivity contribution < 1.29 is 9.53 Å². The summed E-state index contributed by atoms with van der Waals surface area (Å²) in [5, 5.41) is 3.40. The largest absolute Gasteiger partial charge is 0.444 e. The lowest BCUT2D eigenvalue weighted by molar-refractivity contribution is 0.0232. The maximum absolute atomic E-state index is 12.2. The molecule has 4 nitrogen and oxygen atoms in total. The number of hydrogen-bond acceptors (Lipinski definition) is 4. The fourth-order valence-electron chi connectivity index (χ4n) is 2.19. The Bertz CT molecular complexity index is 521. The molecule has 1 aliphatic rings. The van der Waals surface area contributed by atoms with E-state index in [0.717, 1.165) is 47.7 Å². The molecule has 1 aromatic heterocycles. The standard InChI is InChI=1S/C16H24BrClN2O2S/c1-16(2,3)22-15(21)20(11-5-6-11)8-4-7-19-10-12-9-13(17)14(18)23-12/h9,11,19H,4-8,10H2,1-3H3. The smallest absolute Gasteiger partial charge is 0.410 e. The van der Waals surface area contributed by atoms with Gasteiger partial charge in [0.1, 0.15) is 9.94 Å². The second-order valence-corrected chi connectivity index (χ2v) is 9.36. The highest BCUT2D eigenvalue weighted by atomic mass is 79.9. The second kappa shape index (κ2) is 8.19.